The number of carbonyl (C=O) groups excluding carboxylic acids is 2. The van der Waals surface area contributed by atoms with Crippen LogP contribution in [0.2, 0.25) is 0 Å². The molecule has 2 heterocycles. The number of hydrogen-bond acceptors (Lipinski definition) is 3. The summed E-state index contributed by atoms with van der Waals surface area (Å²) in [6, 6.07) is 22.5. The largest absolute Gasteiger partial charge is 0.467 e. The van der Waals surface area contributed by atoms with Gasteiger partial charge in [-0.15, -0.1) is 0 Å². The van der Waals surface area contributed by atoms with Crippen LogP contribution < -0.4 is 9.64 Å². The van der Waals surface area contributed by atoms with Gasteiger partial charge in [0.2, 0.25) is 0 Å². The zero-order valence-electron chi connectivity index (χ0n) is 21.0. The Balaban J connectivity index is 1.62. The van der Waals surface area contributed by atoms with Crippen molar-refractivity contribution in [3.8, 4) is 5.75 Å². The predicted octanol–water partition coefficient (Wildman–Crippen LogP) is 6.87. The number of carbonyl (C=O) groups is 2. The first-order chi connectivity index (χ1) is 16.6. The lowest BCUT2D eigenvalue weighted by Gasteiger charge is -2.53. The number of benzene rings is 3. The molecule has 1 fully saturated rings. The Morgan fingerprint density at radius 3 is 2.43 bits per heavy atom. The molecule has 2 atom stereocenters. The molecule has 2 bridgehead atoms. The third-order valence-electron chi connectivity index (χ3n) is 7.16. The van der Waals surface area contributed by atoms with Crippen LogP contribution >= 0.6 is 0 Å². The Kier molecular flexibility index (Phi) is 5.47. The fraction of sp³-hybridized carbons (Fsp3) is 0.333. The summed E-state index contributed by atoms with van der Waals surface area (Å²) in [4.78, 5) is 31.1. The van der Waals surface area contributed by atoms with E-state index in [-0.39, 0.29) is 17.4 Å². The Morgan fingerprint density at radius 2 is 1.74 bits per heavy atom. The maximum Gasteiger partial charge on any atom is 0.335 e. The van der Waals surface area contributed by atoms with E-state index in [1.807, 2.05) is 79.7 Å². The lowest BCUT2D eigenvalue weighted by Crippen LogP contribution is -2.67. The van der Waals surface area contributed by atoms with E-state index in [1.165, 1.54) is 4.90 Å². The van der Waals surface area contributed by atoms with Crippen LogP contribution in [0, 0.1) is 0 Å². The number of nitrogens with zero attached hydrogens (tertiary/aromatic N) is 2. The average molecular weight is 469 g/mol. The zero-order chi connectivity index (χ0) is 25.0. The van der Waals surface area contributed by atoms with Gasteiger partial charge in [-0.05, 0) is 60.2 Å². The highest BCUT2D eigenvalue weighted by atomic mass is 16.5. The molecular formula is C30H32N2O3. The summed E-state index contributed by atoms with van der Waals surface area (Å²) in [7, 11) is 0. The van der Waals surface area contributed by atoms with Gasteiger partial charge in [-0.3, -0.25) is 14.6 Å². The highest BCUT2D eigenvalue weighted by Crippen LogP contribution is 2.49. The second-order valence-corrected chi connectivity index (χ2v) is 10.7. The summed E-state index contributed by atoms with van der Waals surface area (Å²) in [6.07, 6.45) is 1.33. The smallest absolute Gasteiger partial charge is 0.335 e. The number of ether oxygens (including phenoxy) is 1. The van der Waals surface area contributed by atoms with Gasteiger partial charge < -0.3 is 4.74 Å². The maximum absolute atomic E-state index is 14.1. The second kappa shape index (κ2) is 8.26. The minimum Gasteiger partial charge on any atom is -0.467 e. The molecule has 0 unspecified atom stereocenters. The second-order valence-electron chi connectivity index (χ2n) is 10.7. The molecule has 180 valence electrons. The van der Waals surface area contributed by atoms with E-state index in [4.69, 9.17) is 4.74 Å². The summed E-state index contributed by atoms with van der Waals surface area (Å²) >= 11 is 0. The Labute approximate surface area is 207 Å². The van der Waals surface area contributed by atoms with Crippen LogP contribution in [0.4, 0.5) is 10.5 Å². The summed E-state index contributed by atoms with van der Waals surface area (Å²) in [6.45, 7) is 10.4. The number of para-hydroxylation sites is 1. The molecule has 5 rings (SSSR count). The van der Waals surface area contributed by atoms with E-state index in [2.05, 4.69) is 27.7 Å². The van der Waals surface area contributed by atoms with Crippen molar-refractivity contribution in [2.45, 2.75) is 64.6 Å². The Morgan fingerprint density at radius 1 is 1.03 bits per heavy atom. The van der Waals surface area contributed by atoms with Gasteiger partial charge in [0.15, 0.2) is 5.72 Å². The number of imide groups is 1. The summed E-state index contributed by atoms with van der Waals surface area (Å²) in [5, 5.41) is 0. The van der Waals surface area contributed by atoms with Gasteiger partial charge >= 0.3 is 6.03 Å². The van der Waals surface area contributed by atoms with Crippen molar-refractivity contribution in [2.24, 2.45) is 0 Å². The molecule has 0 spiro atoms. The third-order valence-corrected chi connectivity index (χ3v) is 7.16. The first kappa shape index (κ1) is 23.2. The standard InChI is InChI=1S/C30H32N2O3/c1-6-20-10-9-11-23(18-20)32-28(34)31(27(33)21-14-16-22(17-15-21)29(2,3)4)25-19-30(32,5)35-26-13-8-7-12-24(25)26/h7-18,25H,6,19H2,1-5H3/t25-,30-/m0/s1. The molecule has 2 aliphatic rings. The van der Waals surface area contributed by atoms with Crippen molar-refractivity contribution >= 4 is 17.6 Å². The molecule has 2 aliphatic heterocycles. The molecule has 3 aromatic carbocycles. The van der Waals surface area contributed by atoms with E-state index >= 15 is 0 Å². The molecule has 1 saturated heterocycles. The number of rotatable bonds is 3. The predicted molar refractivity (Wildman–Crippen MR) is 138 cm³/mol. The van der Waals surface area contributed by atoms with Crippen LogP contribution in [-0.4, -0.2) is 22.6 Å². The van der Waals surface area contributed by atoms with Gasteiger partial charge in [0.05, 0.1) is 6.04 Å². The van der Waals surface area contributed by atoms with Crippen LogP contribution in [0.3, 0.4) is 0 Å². The van der Waals surface area contributed by atoms with E-state index < -0.39 is 11.8 Å². The molecule has 0 aliphatic carbocycles. The zero-order valence-corrected chi connectivity index (χ0v) is 21.0. The number of aryl methyl sites for hydroxylation is 1. The monoisotopic (exact) mass is 468 g/mol. The average Bonchev–Trinajstić information content (AvgIpc) is 2.83. The van der Waals surface area contributed by atoms with Gasteiger partial charge in [0.25, 0.3) is 5.91 Å². The molecule has 0 radical (unpaired) electrons. The Hall–Kier alpha value is -3.60. The van der Waals surface area contributed by atoms with Gasteiger partial charge in [-0.1, -0.05) is 70.2 Å². The summed E-state index contributed by atoms with van der Waals surface area (Å²) in [5.74, 6) is 0.409. The number of amides is 3. The molecule has 35 heavy (non-hydrogen) atoms. The van der Waals surface area contributed by atoms with Crippen molar-refractivity contribution in [3.63, 3.8) is 0 Å². The molecule has 5 nitrogen and oxygen atoms in total. The third kappa shape index (κ3) is 3.89. The lowest BCUT2D eigenvalue weighted by atomic mass is 9.86. The van der Waals surface area contributed by atoms with Crippen LogP contribution in [-0.2, 0) is 11.8 Å². The van der Waals surface area contributed by atoms with Crippen LogP contribution in [0.15, 0.2) is 72.8 Å². The summed E-state index contributed by atoms with van der Waals surface area (Å²) in [5.41, 5.74) is 3.42. The van der Waals surface area contributed by atoms with Crippen LogP contribution in [0.5, 0.6) is 5.75 Å². The van der Waals surface area contributed by atoms with Crippen molar-refractivity contribution in [2.75, 3.05) is 4.90 Å². The van der Waals surface area contributed by atoms with Crippen molar-refractivity contribution in [1.82, 2.24) is 4.90 Å². The lowest BCUT2D eigenvalue weighted by molar-refractivity contribution is 0.00267. The van der Waals surface area contributed by atoms with E-state index in [0.717, 1.165) is 28.8 Å². The van der Waals surface area contributed by atoms with Crippen LogP contribution in [0.25, 0.3) is 0 Å². The molecule has 0 aromatic heterocycles. The minimum absolute atomic E-state index is 0.0227. The van der Waals surface area contributed by atoms with Gasteiger partial charge in [0.1, 0.15) is 5.75 Å². The quantitative estimate of drug-likeness (QED) is 0.421. The van der Waals surface area contributed by atoms with E-state index in [1.54, 1.807) is 4.90 Å². The molecule has 3 aromatic rings. The topological polar surface area (TPSA) is 49.9 Å². The molecular weight excluding hydrogens is 436 g/mol. The number of hydrogen-bond donors (Lipinski definition) is 0. The first-order valence-electron chi connectivity index (χ1n) is 12.3. The fourth-order valence-electron chi connectivity index (χ4n) is 5.19. The number of fused-ring (bicyclic) bond motifs is 4. The van der Waals surface area contributed by atoms with Crippen molar-refractivity contribution < 1.29 is 14.3 Å². The number of urea groups is 1. The van der Waals surface area contributed by atoms with Gasteiger partial charge in [0, 0.05) is 23.2 Å². The first-order valence-corrected chi connectivity index (χ1v) is 12.3. The fourth-order valence-corrected chi connectivity index (χ4v) is 5.19. The van der Waals surface area contributed by atoms with Crippen LogP contribution in [0.1, 0.15) is 74.1 Å². The highest BCUT2D eigenvalue weighted by Gasteiger charge is 2.55. The Bertz CT molecular complexity index is 1290. The van der Waals surface area contributed by atoms with Gasteiger partial charge in [-0.25, -0.2) is 4.79 Å². The van der Waals surface area contributed by atoms with Crippen molar-refractivity contribution in [1.29, 1.82) is 0 Å². The SMILES string of the molecule is CCc1cccc(N2C(=O)N(C(=O)c3ccc(C(C)(C)C)cc3)[C@H]3C[C@]2(C)Oc2ccccc23)c1. The van der Waals surface area contributed by atoms with Crippen molar-refractivity contribution in [3.05, 3.63) is 95.1 Å². The maximum atomic E-state index is 14.1. The van der Waals surface area contributed by atoms with E-state index in [0.29, 0.717) is 17.7 Å². The number of anilines is 1. The molecule has 0 N–H and O–H groups in total. The minimum atomic E-state index is -0.907. The highest BCUT2D eigenvalue weighted by molar-refractivity contribution is 6.10. The van der Waals surface area contributed by atoms with E-state index in [9.17, 15) is 9.59 Å². The van der Waals surface area contributed by atoms with Gasteiger partial charge in [-0.2, -0.15) is 0 Å². The summed E-state index contributed by atoms with van der Waals surface area (Å²) < 4.78 is 6.46. The normalized spacial score (nSPS) is 21.4. The molecule has 3 amide bonds. The molecule has 0 saturated carbocycles. The molecule has 5 heteroatoms.